The first-order chi connectivity index (χ1) is 8.75. The van der Waals surface area contributed by atoms with Crippen LogP contribution in [0.4, 0.5) is 4.39 Å². The van der Waals surface area contributed by atoms with Crippen molar-refractivity contribution in [3.05, 3.63) is 64.9 Å². The molecule has 0 radical (unpaired) electrons. The summed E-state index contributed by atoms with van der Waals surface area (Å²) in [5, 5.41) is 0.0764. The molecular weight excluding hydrogens is 255 g/mol. The zero-order chi connectivity index (χ0) is 12.8. The van der Waals surface area contributed by atoms with Gasteiger partial charge in [-0.3, -0.25) is 0 Å². The summed E-state index contributed by atoms with van der Waals surface area (Å²) in [7, 11) is 0. The Morgan fingerprint density at radius 1 is 1.06 bits per heavy atom. The number of benzene rings is 2. The largest absolute Gasteiger partial charge is 0.467 e. The molecule has 0 heterocycles. The van der Waals surface area contributed by atoms with E-state index in [0.717, 1.165) is 5.56 Å². The molecule has 0 aliphatic heterocycles. The van der Waals surface area contributed by atoms with Crippen LogP contribution in [-0.4, -0.2) is 6.79 Å². The van der Waals surface area contributed by atoms with Gasteiger partial charge in [0.05, 0.1) is 11.6 Å². The fourth-order valence-electron chi connectivity index (χ4n) is 1.41. The quantitative estimate of drug-likeness (QED) is 0.601. The van der Waals surface area contributed by atoms with Gasteiger partial charge in [0.25, 0.3) is 0 Å². The minimum atomic E-state index is -0.503. The van der Waals surface area contributed by atoms with Crippen molar-refractivity contribution in [2.45, 2.75) is 6.61 Å². The van der Waals surface area contributed by atoms with Crippen LogP contribution in [0, 0.1) is 5.82 Å². The first kappa shape index (κ1) is 12.9. The van der Waals surface area contributed by atoms with Crippen LogP contribution in [0.1, 0.15) is 5.56 Å². The summed E-state index contributed by atoms with van der Waals surface area (Å²) in [4.78, 5) is 0. The Morgan fingerprint density at radius 2 is 1.83 bits per heavy atom. The van der Waals surface area contributed by atoms with Crippen molar-refractivity contribution in [3.63, 3.8) is 0 Å². The first-order valence-electron chi connectivity index (χ1n) is 5.45. The summed E-state index contributed by atoms with van der Waals surface area (Å²) in [6.45, 7) is 0.521. The van der Waals surface area contributed by atoms with E-state index in [1.165, 1.54) is 12.1 Å². The van der Waals surface area contributed by atoms with Gasteiger partial charge in [0.1, 0.15) is 11.6 Å². The fraction of sp³-hybridized carbons (Fsp3) is 0.143. The van der Waals surface area contributed by atoms with Gasteiger partial charge < -0.3 is 9.47 Å². The molecule has 0 spiro atoms. The lowest BCUT2D eigenvalue weighted by atomic mass is 10.2. The van der Waals surface area contributed by atoms with Crippen LogP contribution < -0.4 is 4.74 Å². The summed E-state index contributed by atoms with van der Waals surface area (Å²) in [5.41, 5.74) is 1.06. The van der Waals surface area contributed by atoms with Gasteiger partial charge in [0, 0.05) is 6.07 Å². The molecule has 0 N–H and O–H groups in total. The molecule has 2 aromatic carbocycles. The van der Waals surface area contributed by atoms with Crippen molar-refractivity contribution >= 4 is 11.6 Å². The van der Waals surface area contributed by atoms with Gasteiger partial charge in [-0.15, -0.1) is 0 Å². The van der Waals surface area contributed by atoms with Crippen molar-refractivity contribution in [1.82, 2.24) is 0 Å². The van der Waals surface area contributed by atoms with Gasteiger partial charge >= 0.3 is 0 Å². The molecule has 0 aliphatic rings. The van der Waals surface area contributed by atoms with Gasteiger partial charge in [0.2, 0.25) is 0 Å². The molecule has 0 bridgehead atoms. The van der Waals surface area contributed by atoms with E-state index in [1.54, 1.807) is 6.07 Å². The van der Waals surface area contributed by atoms with Gasteiger partial charge in [-0.2, -0.15) is 0 Å². The SMILES string of the molecule is Fc1cc(OCOCc2ccccc2)ccc1Cl. The maximum atomic E-state index is 13.1. The highest BCUT2D eigenvalue weighted by molar-refractivity contribution is 6.30. The molecule has 94 valence electrons. The molecule has 0 atom stereocenters. The number of rotatable bonds is 5. The number of ether oxygens (including phenoxy) is 2. The normalized spacial score (nSPS) is 10.3. The van der Waals surface area contributed by atoms with E-state index in [0.29, 0.717) is 12.4 Å². The average molecular weight is 267 g/mol. The lowest BCUT2D eigenvalue weighted by Crippen LogP contribution is -2.03. The minimum Gasteiger partial charge on any atom is -0.467 e. The van der Waals surface area contributed by atoms with Gasteiger partial charge in [0.15, 0.2) is 6.79 Å². The summed E-state index contributed by atoms with van der Waals surface area (Å²) in [6, 6.07) is 14.0. The Balaban J connectivity index is 1.77. The average Bonchev–Trinajstić information content (AvgIpc) is 2.40. The third-order valence-electron chi connectivity index (χ3n) is 2.31. The topological polar surface area (TPSA) is 18.5 Å². The molecular formula is C14H12ClFO2. The van der Waals surface area contributed by atoms with E-state index >= 15 is 0 Å². The number of hydrogen-bond donors (Lipinski definition) is 0. The van der Waals surface area contributed by atoms with E-state index < -0.39 is 5.82 Å². The van der Waals surface area contributed by atoms with Crippen LogP contribution in [0.3, 0.4) is 0 Å². The molecule has 2 aromatic rings. The third kappa shape index (κ3) is 3.72. The van der Waals surface area contributed by atoms with E-state index in [1.807, 2.05) is 30.3 Å². The van der Waals surface area contributed by atoms with Crippen molar-refractivity contribution in [3.8, 4) is 5.75 Å². The number of hydrogen-bond acceptors (Lipinski definition) is 2. The van der Waals surface area contributed by atoms with Crippen LogP contribution in [0.15, 0.2) is 48.5 Å². The maximum absolute atomic E-state index is 13.1. The van der Waals surface area contributed by atoms with Crippen molar-refractivity contribution < 1.29 is 13.9 Å². The highest BCUT2D eigenvalue weighted by Gasteiger charge is 2.01. The van der Waals surface area contributed by atoms with Crippen LogP contribution in [0.5, 0.6) is 5.75 Å². The molecule has 4 heteroatoms. The Morgan fingerprint density at radius 3 is 2.56 bits per heavy atom. The molecule has 0 aromatic heterocycles. The summed E-state index contributed by atoms with van der Waals surface area (Å²) in [5.74, 6) is -0.109. The Hall–Kier alpha value is -1.58. The van der Waals surface area contributed by atoms with Crippen molar-refractivity contribution in [2.75, 3.05) is 6.79 Å². The molecule has 0 saturated carbocycles. The van der Waals surface area contributed by atoms with Gasteiger partial charge in [-0.1, -0.05) is 41.9 Å². The minimum absolute atomic E-state index is 0.0654. The van der Waals surface area contributed by atoms with E-state index in [9.17, 15) is 4.39 Å². The van der Waals surface area contributed by atoms with E-state index in [-0.39, 0.29) is 11.8 Å². The molecule has 0 saturated heterocycles. The van der Waals surface area contributed by atoms with Crippen LogP contribution in [0.2, 0.25) is 5.02 Å². The summed E-state index contributed by atoms with van der Waals surface area (Å²) < 4.78 is 23.7. The predicted octanol–water partition coefficient (Wildman–Crippen LogP) is 4.03. The predicted molar refractivity (Wildman–Crippen MR) is 68.1 cm³/mol. The van der Waals surface area contributed by atoms with Gasteiger partial charge in [-0.05, 0) is 17.7 Å². The van der Waals surface area contributed by atoms with E-state index in [4.69, 9.17) is 21.1 Å². The van der Waals surface area contributed by atoms with Gasteiger partial charge in [-0.25, -0.2) is 4.39 Å². The molecule has 0 fully saturated rings. The maximum Gasteiger partial charge on any atom is 0.189 e. The van der Waals surface area contributed by atoms with E-state index in [2.05, 4.69) is 0 Å². The second kappa shape index (κ2) is 6.38. The molecule has 0 unspecified atom stereocenters. The zero-order valence-corrected chi connectivity index (χ0v) is 10.4. The Bertz CT molecular complexity index is 502. The molecule has 0 aliphatic carbocycles. The van der Waals surface area contributed by atoms with Crippen LogP contribution in [0.25, 0.3) is 0 Å². The molecule has 0 amide bonds. The Labute approximate surface area is 110 Å². The lowest BCUT2D eigenvalue weighted by molar-refractivity contribution is 0.00490. The standard InChI is InChI=1S/C14H12ClFO2/c15-13-7-6-12(8-14(13)16)18-10-17-9-11-4-2-1-3-5-11/h1-8H,9-10H2. The zero-order valence-electron chi connectivity index (χ0n) is 9.61. The first-order valence-corrected chi connectivity index (χ1v) is 5.83. The van der Waals surface area contributed by atoms with Crippen LogP contribution >= 0.6 is 11.6 Å². The highest BCUT2D eigenvalue weighted by Crippen LogP contribution is 2.20. The monoisotopic (exact) mass is 266 g/mol. The second-order valence-electron chi connectivity index (χ2n) is 3.67. The summed E-state index contributed by atoms with van der Waals surface area (Å²) >= 11 is 5.56. The van der Waals surface area contributed by atoms with Crippen LogP contribution in [-0.2, 0) is 11.3 Å². The summed E-state index contributed by atoms with van der Waals surface area (Å²) in [6.07, 6.45) is 0. The Kier molecular flexibility index (Phi) is 4.56. The van der Waals surface area contributed by atoms with Crippen molar-refractivity contribution in [1.29, 1.82) is 0 Å². The lowest BCUT2D eigenvalue weighted by Gasteiger charge is -2.07. The number of halogens is 2. The third-order valence-corrected chi connectivity index (χ3v) is 2.62. The molecule has 2 rings (SSSR count). The second-order valence-corrected chi connectivity index (χ2v) is 4.08. The molecule has 2 nitrogen and oxygen atoms in total. The fourth-order valence-corrected chi connectivity index (χ4v) is 1.53. The highest BCUT2D eigenvalue weighted by atomic mass is 35.5. The van der Waals surface area contributed by atoms with Crippen molar-refractivity contribution in [2.24, 2.45) is 0 Å². The smallest absolute Gasteiger partial charge is 0.189 e. The molecule has 18 heavy (non-hydrogen) atoms.